The summed E-state index contributed by atoms with van der Waals surface area (Å²) in [6.07, 6.45) is 1.19. The lowest BCUT2D eigenvalue weighted by molar-refractivity contribution is 0.0623. The van der Waals surface area contributed by atoms with E-state index >= 15 is 0 Å². The van der Waals surface area contributed by atoms with E-state index in [1.54, 1.807) is 18.2 Å². The van der Waals surface area contributed by atoms with E-state index in [4.69, 9.17) is 10.5 Å². The van der Waals surface area contributed by atoms with Gasteiger partial charge in [-0.15, -0.1) is 0 Å². The molecule has 0 saturated carbocycles. The third kappa shape index (κ3) is 3.44. The van der Waals surface area contributed by atoms with E-state index in [9.17, 15) is 4.79 Å². The van der Waals surface area contributed by atoms with Crippen molar-refractivity contribution < 1.29 is 9.53 Å². The average molecular weight is 276 g/mol. The van der Waals surface area contributed by atoms with E-state index in [1.165, 1.54) is 6.42 Å². The zero-order valence-corrected chi connectivity index (χ0v) is 12.6. The number of ether oxygens (including phenoxy) is 1. The first-order chi connectivity index (χ1) is 9.49. The number of anilines is 1. The van der Waals surface area contributed by atoms with Crippen LogP contribution in [0.4, 0.5) is 5.69 Å². The van der Waals surface area contributed by atoms with Gasteiger partial charge < -0.3 is 15.4 Å². The van der Waals surface area contributed by atoms with Crippen molar-refractivity contribution in [1.82, 2.24) is 4.90 Å². The molecule has 1 aliphatic rings. The second-order valence-electron chi connectivity index (χ2n) is 5.88. The van der Waals surface area contributed by atoms with Crippen molar-refractivity contribution in [3.8, 4) is 5.75 Å². The van der Waals surface area contributed by atoms with Crippen LogP contribution in [-0.2, 0) is 0 Å². The summed E-state index contributed by atoms with van der Waals surface area (Å²) in [5.41, 5.74) is 7.05. The molecular weight excluding hydrogens is 252 g/mol. The minimum atomic E-state index is 0.0525. The Bertz CT molecular complexity index is 477. The van der Waals surface area contributed by atoms with Gasteiger partial charge in [0.15, 0.2) is 0 Å². The van der Waals surface area contributed by atoms with Crippen molar-refractivity contribution in [2.45, 2.75) is 27.2 Å². The number of hydrogen-bond donors (Lipinski definition) is 1. The molecule has 2 unspecified atom stereocenters. The van der Waals surface area contributed by atoms with Crippen molar-refractivity contribution >= 4 is 11.6 Å². The number of piperidine rings is 1. The largest absolute Gasteiger partial charge is 0.494 e. The molecule has 0 aliphatic carbocycles. The SMILES string of the molecule is CCOc1cc(N)cc(C(=O)N2CC(C)CC(C)C2)c1. The molecule has 2 rings (SSSR count). The molecular formula is C16H24N2O2. The Kier molecular flexibility index (Phi) is 4.53. The smallest absolute Gasteiger partial charge is 0.254 e. The van der Waals surface area contributed by atoms with E-state index in [-0.39, 0.29) is 5.91 Å². The average Bonchev–Trinajstić information content (AvgIpc) is 2.36. The highest BCUT2D eigenvalue weighted by Gasteiger charge is 2.26. The quantitative estimate of drug-likeness (QED) is 0.864. The molecule has 1 amide bonds. The van der Waals surface area contributed by atoms with E-state index in [2.05, 4.69) is 13.8 Å². The zero-order chi connectivity index (χ0) is 14.7. The van der Waals surface area contributed by atoms with Crippen molar-refractivity contribution in [2.24, 2.45) is 11.8 Å². The summed E-state index contributed by atoms with van der Waals surface area (Å²) in [5.74, 6) is 1.82. The van der Waals surface area contributed by atoms with Crippen molar-refractivity contribution in [3.05, 3.63) is 23.8 Å². The maximum absolute atomic E-state index is 12.6. The topological polar surface area (TPSA) is 55.6 Å². The second-order valence-corrected chi connectivity index (χ2v) is 5.88. The lowest BCUT2D eigenvalue weighted by Crippen LogP contribution is -2.42. The summed E-state index contributed by atoms with van der Waals surface area (Å²) in [6.45, 7) is 8.51. The summed E-state index contributed by atoms with van der Waals surface area (Å²) < 4.78 is 5.46. The first-order valence-corrected chi connectivity index (χ1v) is 7.32. The van der Waals surface area contributed by atoms with Crippen LogP contribution in [0.25, 0.3) is 0 Å². The van der Waals surface area contributed by atoms with Crippen LogP contribution < -0.4 is 10.5 Å². The van der Waals surface area contributed by atoms with Gasteiger partial charge in [0.05, 0.1) is 6.61 Å². The van der Waals surface area contributed by atoms with Crippen LogP contribution in [0, 0.1) is 11.8 Å². The number of carbonyl (C=O) groups is 1. The van der Waals surface area contributed by atoms with Crippen LogP contribution in [0.5, 0.6) is 5.75 Å². The molecule has 2 atom stereocenters. The van der Waals surface area contributed by atoms with Gasteiger partial charge in [-0.2, -0.15) is 0 Å². The molecule has 0 bridgehead atoms. The fourth-order valence-corrected chi connectivity index (χ4v) is 3.01. The van der Waals surface area contributed by atoms with Gasteiger partial charge in [-0.25, -0.2) is 0 Å². The maximum atomic E-state index is 12.6. The number of nitrogen functional groups attached to an aromatic ring is 1. The van der Waals surface area contributed by atoms with Gasteiger partial charge in [0, 0.05) is 30.4 Å². The van der Waals surface area contributed by atoms with Gasteiger partial charge in [-0.05, 0) is 37.3 Å². The number of hydrogen-bond acceptors (Lipinski definition) is 3. The van der Waals surface area contributed by atoms with Crippen LogP contribution >= 0.6 is 0 Å². The van der Waals surface area contributed by atoms with Gasteiger partial charge in [0.25, 0.3) is 5.91 Å². The summed E-state index contributed by atoms with van der Waals surface area (Å²) in [4.78, 5) is 14.5. The molecule has 0 spiro atoms. The first kappa shape index (κ1) is 14.7. The third-order valence-electron chi connectivity index (χ3n) is 3.64. The molecule has 1 aromatic rings. The molecule has 1 fully saturated rings. The van der Waals surface area contributed by atoms with Gasteiger partial charge in [-0.1, -0.05) is 13.8 Å². The molecule has 20 heavy (non-hydrogen) atoms. The van der Waals surface area contributed by atoms with Crippen molar-refractivity contribution in [1.29, 1.82) is 0 Å². The Morgan fingerprint density at radius 3 is 2.55 bits per heavy atom. The van der Waals surface area contributed by atoms with Crippen LogP contribution in [0.1, 0.15) is 37.6 Å². The predicted octanol–water partition coefficient (Wildman–Crippen LogP) is 2.79. The molecule has 1 heterocycles. The Hall–Kier alpha value is -1.71. The van der Waals surface area contributed by atoms with Crippen LogP contribution in [0.3, 0.4) is 0 Å². The number of likely N-dealkylation sites (tertiary alicyclic amines) is 1. The minimum Gasteiger partial charge on any atom is -0.494 e. The summed E-state index contributed by atoms with van der Waals surface area (Å²) in [7, 11) is 0. The standard InChI is InChI=1S/C16H24N2O2/c1-4-20-15-7-13(6-14(17)8-15)16(19)18-9-11(2)5-12(3)10-18/h6-8,11-12H,4-5,9-10,17H2,1-3H3. The predicted molar refractivity (Wildman–Crippen MR) is 80.9 cm³/mol. The molecule has 1 saturated heterocycles. The number of benzene rings is 1. The Morgan fingerprint density at radius 1 is 1.30 bits per heavy atom. The molecule has 2 N–H and O–H groups in total. The lowest BCUT2D eigenvalue weighted by atomic mass is 9.91. The number of rotatable bonds is 3. The second kappa shape index (κ2) is 6.16. The van der Waals surface area contributed by atoms with Crippen molar-refractivity contribution in [2.75, 3.05) is 25.4 Å². The van der Waals surface area contributed by atoms with E-state index in [0.29, 0.717) is 35.4 Å². The van der Waals surface area contributed by atoms with E-state index < -0.39 is 0 Å². The molecule has 1 aliphatic heterocycles. The van der Waals surface area contributed by atoms with E-state index in [0.717, 1.165) is 13.1 Å². The van der Waals surface area contributed by atoms with Crippen molar-refractivity contribution in [3.63, 3.8) is 0 Å². The van der Waals surface area contributed by atoms with Gasteiger partial charge in [-0.3, -0.25) is 4.79 Å². The molecule has 0 aromatic heterocycles. The monoisotopic (exact) mass is 276 g/mol. The number of nitrogens with two attached hydrogens (primary N) is 1. The highest BCUT2D eigenvalue weighted by atomic mass is 16.5. The summed E-state index contributed by atoms with van der Waals surface area (Å²) in [5, 5.41) is 0. The van der Waals surface area contributed by atoms with Crippen LogP contribution in [0.15, 0.2) is 18.2 Å². The van der Waals surface area contributed by atoms with Gasteiger partial charge in [0.2, 0.25) is 0 Å². The van der Waals surface area contributed by atoms with Gasteiger partial charge >= 0.3 is 0 Å². The maximum Gasteiger partial charge on any atom is 0.254 e. The molecule has 0 radical (unpaired) electrons. The molecule has 4 nitrogen and oxygen atoms in total. The van der Waals surface area contributed by atoms with Crippen LogP contribution in [0.2, 0.25) is 0 Å². The van der Waals surface area contributed by atoms with Crippen LogP contribution in [-0.4, -0.2) is 30.5 Å². The fraction of sp³-hybridized carbons (Fsp3) is 0.562. The number of amides is 1. The molecule has 4 heteroatoms. The first-order valence-electron chi connectivity index (χ1n) is 7.32. The normalized spacial score (nSPS) is 22.6. The Labute approximate surface area is 120 Å². The highest BCUT2D eigenvalue weighted by Crippen LogP contribution is 2.25. The molecule has 110 valence electrons. The van der Waals surface area contributed by atoms with E-state index in [1.807, 2.05) is 11.8 Å². The summed E-state index contributed by atoms with van der Waals surface area (Å²) >= 11 is 0. The van der Waals surface area contributed by atoms with Gasteiger partial charge in [0.1, 0.15) is 5.75 Å². The Morgan fingerprint density at radius 2 is 1.95 bits per heavy atom. The zero-order valence-electron chi connectivity index (χ0n) is 12.6. The fourth-order valence-electron chi connectivity index (χ4n) is 3.01. The lowest BCUT2D eigenvalue weighted by Gasteiger charge is -2.35. The Balaban J connectivity index is 2.19. The highest BCUT2D eigenvalue weighted by molar-refractivity contribution is 5.95. The molecule has 1 aromatic carbocycles. The third-order valence-corrected chi connectivity index (χ3v) is 3.64. The minimum absolute atomic E-state index is 0.0525. The number of nitrogens with zero attached hydrogens (tertiary/aromatic N) is 1. The number of carbonyl (C=O) groups excluding carboxylic acids is 1. The summed E-state index contributed by atoms with van der Waals surface area (Å²) in [6, 6.07) is 5.27.